The van der Waals surface area contributed by atoms with Gasteiger partial charge < -0.3 is 25.0 Å². The zero-order valence-corrected chi connectivity index (χ0v) is 29.1. The highest BCUT2D eigenvalue weighted by molar-refractivity contribution is 7.94. The fraction of sp³-hybridized carbons (Fsp3) is 0.344. The summed E-state index contributed by atoms with van der Waals surface area (Å²) >= 11 is 2.12. The smallest absolute Gasteiger partial charge is 0.410 e. The van der Waals surface area contributed by atoms with Gasteiger partial charge in [0, 0.05) is 30.9 Å². The third-order valence-electron chi connectivity index (χ3n) is 7.29. The molecule has 1 saturated heterocycles. The Balaban J connectivity index is 1.16. The molecule has 48 heavy (non-hydrogen) atoms. The minimum Gasteiger partial charge on any atom is -0.465 e. The van der Waals surface area contributed by atoms with Crippen LogP contribution in [0.4, 0.5) is 15.6 Å². The summed E-state index contributed by atoms with van der Waals surface area (Å²) < 4.78 is 39.6. The number of amides is 3. The Hall–Kier alpha value is -4.54. The Morgan fingerprint density at radius 3 is 2.48 bits per heavy atom. The van der Waals surface area contributed by atoms with Crippen LogP contribution < -0.4 is 15.4 Å². The number of sulfonamides is 1. The second kappa shape index (κ2) is 14.3. The number of ether oxygens (including phenoxy) is 2. The van der Waals surface area contributed by atoms with E-state index in [0.29, 0.717) is 58.1 Å². The number of nitrogens with zero attached hydrogens (tertiary/aromatic N) is 2. The van der Waals surface area contributed by atoms with Gasteiger partial charge in [0.2, 0.25) is 5.91 Å². The minimum absolute atomic E-state index is 0.0459. The van der Waals surface area contributed by atoms with Crippen LogP contribution in [0.3, 0.4) is 0 Å². The van der Waals surface area contributed by atoms with Crippen molar-refractivity contribution in [2.75, 3.05) is 30.2 Å². The first-order valence-electron chi connectivity index (χ1n) is 15.0. The van der Waals surface area contributed by atoms with Gasteiger partial charge in [0.25, 0.3) is 15.9 Å². The van der Waals surface area contributed by atoms with E-state index in [1.165, 1.54) is 29.9 Å². The summed E-state index contributed by atoms with van der Waals surface area (Å²) in [6.45, 7) is 6.39. The highest BCUT2D eigenvalue weighted by Gasteiger charge is 2.30. The molecule has 4 aromatic rings. The van der Waals surface area contributed by atoms with E-state index in [2.05, 4.69) is 20.3 Å². The number of thiazole rings is 1. The number of thiophene rings is 1. The molecule has 13 nitrogen and oxygen atoms in total. The summed E-state index contributed by atoms with van der Waals surface area (Å²) in [6.07, 6.45) is 0.609. The van der Waals surface area contributed by atoms with Crippen LogP contribution >= 0.6 is 22.7 Å². The molecule has 3 amide bonds. The van der Waals surface area contributed by atoms with Gasteiger partial charge in [0.05, 0.1) is 34.1 Å². The molecule has 1 fully saturated rings. The molecule has 5 rings (SSSR count). The highest BCUT2D eigenvalue weighted by atomic mass is 32.2. The monoisotopic (exact) mass is 713 g/mol. The number of hydrogen-bond acceptors (Lipinski definition) is 11. The largest absolute Gasteiger partial charge is 0.465 e. The van der Waals surface area contributed by atoms with Crippen LogP contribution in [0.5, 0.6) is 0 Å². The van der Waals surface area contributed by atoms with Crippen molar-refractivity contribution in [1.29, 1.82) is 0 Å². The van der Waals surface area contributed by atoms with Gasteiger partial charge in [0.1, 0.15) is 9.81 Å². The van der Waals surface area contributed by atoms with Gasteiger partial charge >= 0.3 is 12.1 Å². The highest BCUT2D eigenvalue weighted by Crippen LogP contribution is 2.31. The number of piperidine rings is 1. The molecule has 0 spiro atoms. The van der Waals surface area contributed by atoms with Gasteiger partial charge in [-0.25, -0.2) is 23.0 Å². The number of likely N-dealkylation sites (tertiary alicyclic amines) is 1. The number of hydrogen-bond donors (Lipinski definition) is 3. The van der Waals surface area contributed by atoms with Gasteiger partial charge in [-0.15, -0.1) is 11.3 Å². The van der Waals surface area contributed by atoms with Gasteiger partial charge in [-0.05, 0) is 75.6 Å². The van der Waals surface area contributed by atoms with E-state index in [1.54, 1.807) is 47.4 Å². The predicted octanol–water partition coefficient (Wildman–Crippen LogP) is 5.46. The number of esters is 1. The molecular formula is C32H35N5O8S3. The van der Waals surface area contributed by atoms with E-state index < -0.39 is 27.5 Å². The van der Waals surface area contributed by atoms with E-state index in [0.717, 1.165) is 11.3 Å². The third kappa shape index (κ3) is 8.67. The average molecular weight is 714 g/mol. The second-order valence-corrected chi connectivity index (χ2v) is 15.9. The molecule has 0 unspecified atom stereocenters. The first-order chi connectivity index (χ1) is 22.7. The SMILES string of the molecule is COC(=O)c1cccc(CNC(=O)c2csc(S(=O)(=O)Nc3ccc4nc(NC(=O)C5CCN(C(=O)OC(C)(C)C)CC5)sc4c3)c2)c1. The van der Waals surface area contributed by atoms with Gasteiger partial charge in [-0.1, -0.05) is 23.5 Å². The summed E-state index contributed by atoms with van der Waals surface area (Å²) in [5.74, 6) is -1.43. The maximum absolute atomic E-state index is 13.2. The van der Waals surface area contributed by atoms with Crippen molar-refractivity contribution in [3.63, 3.8) is 0 Å². The topological polar surface area (TPSA) is 173 Å². The van der Waals surface area contributed by atoms with Crippen LogP contribution in [0.1, 0.15) is 59.9 Å². The van der Waals surface area contributed by atoms with Crippen molar-refractivity contribution in [2.24, 2.45) is 5.92 Å². The molecule has 0 bridgehead atoms. The molecule has 2 aromatic heterocycles. The number of carbonyl (C=O) groups excluding carboxylic acids is 4. The zero-order valence-electron chi connectivity index (χ0n) is 26.7. The molecular weight excluding hydrogens is 679 g/mol. The molecule has 1 aliphatic heterocycles. The van der Waals surface area contributed by atoms with Crippen LogP contribution in [0.15, 0.2) is 58.1 Å². The molecule has 1 aliphatic rings. The number of nitrogens with one attached hydrogen (secondary N) is 3. The van der Waals surface area contributed by atoms with Crippen LogP contribution in [0.2, 0.25) is 0 Å². The Bertz CT molecular complexity index is 1960. The summed E-state index contributed by atoms with van der Waals surface area (Å²) in [4.78, 5) is 55.9. The van der Waals surface area contributed by atoms with Crippen molar-refractivity contribution in [3.05, 3.63) is 70.6 Å². The van der Waals surface area contributed by atoms with Crippen molar-refractivity contribution in [1.82, 2.24) is 15.2 Å². The molecule has 16 heteroatoms. The number of methoxy groups -OCH3 is 1. The molecule has 3 N–H and O–H groups in total. The predicted molar refractivity (Wildman–Crippen MR) is 183 cm³/mol. The quantitative estimate of drug-likeness (QED) is 0.190. The Labute approximate surface area is 285 Å². The van der Waals surface area contributed by atoms with Crippen LogP contribution in [0, 0.1) is 5.92 Å². The Kier molecular flexibility index (Phi) is 10.4. The lowest BCUT2D eigenvalue weighted by atomic mass is 9.96. The minimum atomic E-state index is -4.01. The fourth-order valence-corrected chi connectivity index (χ4v) is 8.01. The van der Waals surface area contributed by atoms with Gasteiger partial charge in [0.15, 0.2) is 5.13 Å². The lowest BCUT2D eigenvalue weighted by molar-refractivity contribution is -0.121. The molecule has 254 valence electrons. The van der Waals surface area contributed by atoms with Crippen molar-refractivity contribution in [2.45, 2.75) is 50.0 Å². The van der Waals surface area contributed by atoms with Gasteiger partial charge in [-0.3, -0.25) is 14.3 Å². The van der Waals surface area contributed by atoms with E-state index in [4.69, 9.17) is 9.47 Å². The molecule has 0 radical (unpaired) electrons. The lowest BCUT2D eigenvalue weighted by Gasteiger charge is -2.32. The van der Waals surface area contributed by atoms with E-state index in [-0.39, 0.29) is 34.2 Å². The summed E-state index contributed by atoms with van der Waals surface area (Å²) in [7, 11) is -2.73. The fourth-order valence-electron chi connectivity index (χ4n) is 4.89. The van der Waals surface area contributed by atoms with E-state index in [1.807, 2.05) is 20.8 Å². The molecule has 0 aliphatic carbocycles. The molecule has 0 saturated carbocycles. The van der Waals surface area contributed by atoms with Crippen LogP contribution in [0.25, 0.3) is 10.2 Å². The normalized spacial score (nSPS) is 14.0. The van der Waals surface area contributed by atoms with Crippen molar-refractivity contribution < 1.29 is 37.1 Å². The zero-order chi connectivity index (χ0) is 34.6. The number of rotatable bonds is 9. The summed E-state index contributed by atoms with van der Waals surface area (Å²) in [5.41, 5.74) is 1.50. The van der Waals surface area contributed by atoms with E-state index in [9.17, 15) is 27.6 Å². The third-order valence-corrected chi connectivity index (χ3v) is 11.0. The number of carbonyl (C=O) groups is 4. The number of aromatic nitrogens is 1. The summed E-state index contributed by atoms with van der Waals surface area (Å²) in [6, 6.07) is 12.8. The van der Waals surface area contributed by atoms with Crippen molar-refractivity contribution in [3.8, 4) is 0 Å². The number of fused-ring (bicyclic) bond motifs is 1. The summed E-state index contributed by atoms with van der Waals surface area (Å²) in [5, 5.41) is 7.43. The van der Waals surface area contributed by atoms with Crippen molar-refractivity contribution >= 4 is 77.6 Å². The second-order valence-electron chi connectivity index (χ2n) is 12.1. The van der Waals surface area contributed by atoms with Crippen LogP contribution in [-0.4, -0.2) is 68.0 Å². The molecule has 2 aromatic carbocycles. The lowest BCUT2D eigenvalue weighted by Crippen LogP contribution is -2.43. The van der Waals surface area contributed by atoms with E-state index >= 15 is 0 Å². The standard InChI is InChI=1S/C32H35N5O8S3/c1-32(2,3)45-31(41)37-12-10-20(11-13-37)28(39)35-30-34-24-9-8-23(16-25(24)47-30)36-48(42,43)26-15-22(18-46-26)27(38)33-17-19-6-5-7-21(14-19)29(40)44-4/h5-9,14-16,18,20,36H,10-13,17H2,1-4H3,(H,33,38)(H,34,35,39). The number of anilines is 2. The van der Waals surface area contributed by atoms with Gasteiger partial charge in [-0.2, -0.15) is 0 Å². The maximum atomic E-state index is 13.2. The Morgan fingerprint density at radius 1 is 1.02 bits per heavy atom. The number of benzene rings is 2. The van der Waals surface area contributed by atoms with Crippen LogP contribution in [-0.2, 0) is 30.8 Å². The Morgan fingerprint density at radius 2 is 1.77 bits per heavy atom. The molecule has 3 heterocycles. The average Bonchev–Trinajstić information content (AvgIpc) is 3.70. The first-order valence-corrected chi connectivity index (χ1v) is 18.1. The molecule has 0 atom stereocenters. The maximum Gasteiger partial charge on any atom is 0.410 e. The first kappa shape index (κ1) is 34.8.